The summed E-state index contributed by atoms with van der Waals surface area (Å²) in [6, 6.07) is 19.3. The number of anilines is 2. The van der Waals surface area contributed by atoms with Crippen LogP contribution in [0.25, 0.3) is 0 Å². The van der Waals surface area contributed by atoms with Crippen LogP contribution in [-0.2, 0) is 15.8 Å². The highest BCUT2D eigenvalue weighted by molar-refractivity contribution is 6.06. The summed E-state index contributed by atoms with van der Waals surface area (Å²) in [5.74, 6) is 0.156. The van der Waals surface area contributed by atoms with Gasteiger partial charge in [-0.25, -0.2) is 0 Å². The molecule has 2 aliphatic rings. The zero-order valence-electron chi connectivity index (χ0n) is 23.1. The van der Waals surface area contributed by atoms with Gasteiger partial charge in [0.05, 0.1) is 30.1 Å². The fourth-order valence-electron chi connectivity index (χ4n) is 5.79. The molecule has 1 N–H and O–H groups in total. The quantitative estimate of drug-likeness (QED) is 0.295. The van der Waals surface area contributed by atoms with Gasteiger partial charge >= 0.3 is 6.18 Å². The number of halogens is 3. The summed E-state index contributed by atoms with van der Waals surface area (Å²) in [4.78, 5) is 29.7. The first-order valence-corrected chi connectivity index (χ1v) is 14.0. The van der Waals surface area contributed by atoms with E-state index in [0.717, 1.165) is 37.0 Å². The number of carbonyl (C=O) groups excluding carboxylic acids is 2. The Labute approximate surface area is 238 Å². The largest absolute Gasteiger partial charge is 0.497 e. The van der Waals surface area contributed by atoms with E-state index in [1.54, 1.807) is 12.0 Å². The first kappa shape index (κ1) is 28.5. The van der Waals surface area contributed by atoms with Gasteiger partial charge in [-0.15, -0.1) is 0 Å². The minimum Gasteiger partial charge on any atom is -0.497 e. The number of benzene rings is 3. The maximum absolute atomic E-state index is 14.0. The number of fused-ring (bicyclic) bond motifs is 1. The Bertz CT molecular complexity index is 1450. The molecule has 3 aromatic rings. The van der Waals surface area contributed by atoms with E-state index in [1.165, 1.54) is 12.1 Å². The summed E-state index contributed by atoms with van der Waals surface area (Å²) in [7, 11) is 1.58. The molecule has 8 heteroatoms. The number of methoxy groups -OCH3 is 1. The lowest BCUT2D eigenvalue weighted by molar-refractivity contribution is -0.137. The molecule has 1 aliphatic carbocycles. The normalized spacial score (nSPS) is 18.8. The fraction of sp³-hybridized carbons (Fsp3) is 0.333. The topological polar surface area (TPSA) is 58.6 Å². The molecule has 0 saturated heterocycles. The number of carbonyl (C=O) groups is 2. The molecule has 1 amide bonds. The monoisotopic (exact) mass is 562 g/mol. The molecule has 41 heavy (non-hydrogen) atoms. The van der Waals surface area contributed by atoms with Crippen LogP contribution >= 0.6 is 0 Å². The van der Waals surface area contributed by atoms with E-state index in [9.17, 15) is 22.8 Å². The first-order valence-electron chi connectivity index (χ1n) is 14.0. The Balaban J connectivity index is 1.61. The van der Waals surface area contributed by atoms with Crippen molar-refractivity contribution in [1.29, 1.82) is 0 Å². The highest BCUT2D eigenvalue weighted by Crippen LogP contribution is 2.48. The molecule has 214 valence electrons. The van der Waals surface area contributed by atoms with Gasteiger partial charge in [0.25, 0.3) is 0 Å². The summed E-state index contributed by atoms with van der Waals surface area (Å²) in [6.45, 7) is 2.08. The van der Waals surface area contributed by atoms with Crippen LogP contribution in [-0.4, -0.2) is 18.8 Å². The van der Waals surface area contributed by atoms with Crippen LogP contribution in [0.15, 0.2) is 84.1 Å². The lowest BCUT2D eigenvalue weighted by Crippen LogP contribution is -2.38. The molecule has 2 atom stereocenters. The van der Waals surface area contributed by atoms with Crippen LogP contribution in [0.5, 0.6) is 5.75 Å². The van der Waals surface area contributed by atoms with Gasteiger partial charge in [-0.2, -0.15) is 13.2 Å². The number of Topliss-reactive ketones (excluding diaryl/α,β-unsaturated/α-hetero) is 1. The van der Waals surface area contributed by atoms with E-state index in [1.807, 2.05) is 48.5 Å². The molecule has 0 spiro atoms. The molecule has 1 heterocycles. The van der Waals surface area contributed by atoms with Crippen molar-refractivity contribution in [3.8, 4) is 5.75 Å². The third kappa shape index (κ3) is 5.87. The average Bonchev–Trinajstić information content (AvgIpc) is 3.11. The Kier molecular flexibility index (Phi) is 8.20. The van der Waals surface area contributed by atoms with Gasteiger partial charge in [-0.05, 0) is 66.3 Å². The minimum atomic E-state index is -4.43. The summed E-state index contributed by atoms with van der Waals surface area (Å²) in [5, 5.41) is 3.46. The molecule has 0 unspecified atom stereocenters. The second-order valence-electron chi connectivity index (χ2n) is 10.6. The number of alkyl halides is 3. The van der Waals surface area contributed by atoms with Gasteiger partial charge in [-0.3, -0.25) is 14.5 Å². The van der Waals surface area contributed by atoms with E-state index in [0.29, 0.717) is 46.8 Å². The lowest BCUT2D eigenvalue weighted by atomic mass is 9.78. The maximum Gasteiger partial charge on any atom is 0.416 e. The lowest BCUT2D eigenvalue weighted by Gasteiger charge is -2.35. The van der Waals surface area contributed by atoms with Crippen LogP contribution in [0.3, 0.4) is 0 Å². The van der Waals surface area contributed by atoms with Crippen molar-refractivity contribution in [2.45, 2.75) is 63.6 Å². The Morgan fingerprint density at radius 2 is 1.63 bits per heavy atom. The fourth-order valence-corrected chi connectivity index (χ4v) is 5.79. The smallest absolute Gasteiger partial charge is 0.416 e. The molecule has 1 aliphatic heterocycles. The average molecular weight is 563 g/mol. The first-order chi connectivity index (χ1) is 19.7. The highest BCUT2D eigenvalue weighted by Gasteiger charge is 2.41. The van der Waals surface area contributed by atoms with Crippen LogP contribution in [0, 0.1) is 0 Å². The van der Waals surface area contributed by atoms with E-state index in [-0.39, 0.29) is 24.0 Å². The predicted molar refractivity (Wildman–Crippen MR) is 153 cm³/mol. The van der Waals surface area contributed by atoms with Crippen molar-refractivity contribution in [3.05, 3.63) is 101 Å². The Morgan fingerprint density at radius 1 is 0.951 bits per heavy atom. The molecule has 0 saturated carbocycles. The third-order valence-electron chi connectivity index (χ3n) is 7.89. The molecule has 3 aromatic carbocycles. The molecular formula is C33H33F3N2O3. The summed E-state index contributed by atoms with van der Waals surface area (Å²) < 4.78 is 44.9. The molecule has 5 rings (SSSR count). The number of allylic oxidation sites excluding steroid dienone is 1. The highest BCUT2D eigenvalue weighted by atomic mass is 19.4. The van der Waals surface area contributed by atoms with Crippen molar-refractivity contribution < 1.29 is 27.5 Å². The van der Waals surface area contributed by atoms with E-state index in [4.69, 9.17) is 4.74 Å². The number of hydrogen-bond donors (Lipinski definition) is 1. The zero-order chi connectivity index (χ0) is 29.1. The summed E-state index contributed by atoms with van der Waals surface area (Å²) in [5.41, 5.74) is 3.32. The van der Waals surface area contributed by atoms with Crippen molar-refractivity contribution in [2.24, 2.45) is 0 Å². The van der Waals surface area contributed by atoms with Gasteiger partial charge in [0, 0.05) is 24.1 Å². The van der Waals surface area contributed by atoms with Crippen molar-refractivity contribution in [1.82, 2.24) is 0 Å². The maximum atomic E-state index is 14.0. The number of ether oxygens (including phenoxy) is 1. The second-order valence-corrected chi connectivity index (χ2v) is 10.6. The van der Waals surface area contributed by atoms with Crippen molar-refractivity contribution in [2.75, 3.05) is 17.3 Å². The molecule has 0 bridgehead atoms. The van der Waals surface area contributed by atoms with Gasteiger partial charge in [0.2, 0.25) is 5.91 Å². The van der Waals surface area contributed by atoms with E-state index < -0.39 is 17.8 Å². The van der Waals surface area contributed by atoms with Gasteiger partial charge < -0.3 is 10.1 Å². The van der Waals surface area contributed by atoms with E-state index in [2.05, 4.69) is 12.2 Å². The molecule has 0 fully saturated rings. The number of unbranched alkanes of at least 4 members (excludes halogenated alkanes) is 2. The molecular weight excluding hydrogens is 529 g/mol. The number of rotatable bonds is 7. The number of amides is 1. The standard InChI is InChI=1S/C33H33F3N2O3/c1-3-4-5-10-30(40)38-28-9-7-6-8-26(28)37-27-19-23(21-11-15-24(16-12-21)33(34,35)36)20-29(39)31(27)32(38)22-13-17-25(41-2)18-14-22/h6-9,11-18,23,32,37H,3-5,10,19-20H2,1-2H3/t23-,32-/m1/s1. The Morgan fingerprint density at radius 3 is 2.29 bits per heavy atom. The summed E-state index contributed by atoms with van der Waals surface area (Å²) >= 11 is 0. The zero-order valence-corrected chi connectivity index (χ0v) is 23.1. The van der Waals surface area contributed by atoms with Gasteiger partial charge in [0.1, 0.15) is 5.75 Å². The number of para-hydroxylation sites is 2. The predicted octanol–water partition coefficient (Wildman–Crippen LogP) is 8.19. The molecule has 0 aromatic heterocycles. The number of nitrogens with zero attached hydrogens (tertiary/aromatic N) is 1. The van der Waals surface area contributed by atoms with Crippen molar-refractivity contribution in [3.63, 3.8) is 0 Å². The second kappa shape index (κ2) is 11.8. The summed E-state index contributed by atoms with van der Waals surface area (Å²) in [6.07, 6.45) is -0.882. The van der Waals surface area contributed by atoms with Gasteiger partial charge in [0.15, 0.2) is 5.78 Å². The van der Waals surface area contributed by atoms with Gasteiger partial charge in [-0.1, -0.05) is 56.2 Å². The number of ketones is 1. The van der Waals surface area contributed by atoms with Crippen molar-refractivity contribution >= 4 is 23.1 Å². The molecule has 0 radical (unpaired) electrons. The number of nitrogens with one attached hydrogen (secondary N) is 1. The van der Waals surface area contributed by atoms with Crippen LogP contribution < -0.4 is 15.0 Å². The van der Waals surface area contributed by atoms with Crippen LogP contribution in [0.2, 0.25) is 0 Å². The van der Waals surface area contributed by atoms with Crippen LogP contribution in [0.1, 0.15) is 74.1 Å². The molecule has 5 nitrogen and oxygen atoms in total. The van der Waals surface area contributed by atoms with Crippen LogP contribution in [0.4, 0.5) is 24.5 Å². The van der Waals surface area contributed by atoms with E-state index >= 15 is 0 Å². The number of hydrogen-bond acceptors (Lipinski definition) is 4. The Hall–Kier alpha value is -4.07. The SMILES string of the molecule is CCCCCC(=O)N1c2ccccc2NC2=C(C(=O)C[C@H](c3ccc(C(F)(F)F)cc3)C2)[C@H]1c1ccc(OC)cc1. The third-order valence-corrected chi connectivity index (χ3v) is 7.89. The minimum absolute atomic E-state index is 0.0695.